The van der Waals surface area contributed by atoms with Gasteiger partial charge in [0.1, 0.15) is 0 Å². The van der Waals surface area contributed by atoms with E-state index in [2.05, 4.69) is 24.3 Å². The van der Waals surface area contributed by atoms with Gasteiger partial charge in [-0.05, 0) is 81.3 Å². The first kappa shape index (κ1) is 26.1. The van der Waals surface area contributed by atoms with E-state index < -0.39 is 18.0 Å². The molecule has 7 heteroatoms. The molecule has 1 aromatic rings. The van der Waals surface area contributed by atoms with Crippen molar-refractivity contribution in [2.24, 2.45) is 17.8 Å². The molecule has 5 rings (SSSR count). The van der Waals surface area contributed by atoms with Gasteiger partial charge in [-0.25, -0.2) is 0 Å². The zero-order valence-corrected chi connectivity index (χ0v) is 21.3. The molecule has 4 aliphatic rings. The standard InChI is InChI=1S/C29H42O7/c30-23-18-25(36-28-10-4-6-14-34-28)29(22(23)17-26(31)32)24(35-27-9-3-5-13-33-27)12-11-19-15-20-7-1-2-8-21(20)16-19/h1-2,7-8,19,22-25,27-30H,3-6,9-18H2,(H,31,32)/t22-,23-,24?,25+,27?,28?,29+/m0/s1. The van der Waals surface area contributed by atoms with Gasteiger partial charge < -0.3 is 29.2 Å². The Labute approximate surface area is 214 Å². The summed E-state index contributed by atoms with van der Waals surface area (Å²) < 4.78 is 24.9. The first-order valence-corrected chi connectivity index (χ1v) is 14.1. The predicted octanol–water partition coefficient (Wildman–Crippen LogP) is 4.48. The average molecular weight is 503 g/mol. The number of hydrogen-bond donors (Lipinski definition) is 2. The molecule has 0 radical (unpaired) electrons. The van der Waals surface area contributed by atoms with E-state index in [0.29, 0.717) is 25.6 Å². The normalized spacial score (nSPS) is 33.9. The molecular formula is C29H42O7. The Bertz CT molecular complexity index is 823. The third-order valence-electron chi connectivity index (χ3n) is 8.66. The molecule has 0 spiro atoms. The fourth-order valence-electron chi connectivity index (χ4n) is 6.87. The third kappa shape index (κ3) is 6.48. The monoisotopic (exact) mass is 502 g/mol. The van der Waals surface area contributed by atoms with Crippen molar-refractivity contribution in [1.82, 2.24) is 0 Å². The summed E-state index contributed by atoms with van der Waals surface area (Å²) in [6, 6.07) is 8.67. The van der Waals surface area contributed by atoms with Gasteiger partial charge in [-0.2, -0.15) is 0 Å². The first-order valence-electron chi connectivity index (χ1n) is 14.1. The Morgan fingerprint density at radius 2 is 1.67 bits per heavy atom. The molecule has 2 heterocycles. The lowest BCUT2D eigenvalue weighted by Gasteiger charge is -2.37. The van der Waals surface area contributed by atoms with Crippen LogP contribution in [0.4, 0.5) is 0 Å². The van der Waals surface area contributed by atoms with Crippen LogP contribution in [0, 0.1) is 17.8 Å². The number of rotatable bonds is 10. The van der Waals surface area contributed by atoms with Gasteiger partial charge in [-0.15, -0.1) is 0 Å². The van der Waals surface area contributed by atoms with Gasteiger partial charge in [0.2, 0.25) is 0 Å². The minimum Gasteiger partial charge on any atom is -0.481 e. The van der Waals surface area contributed by atoms with E-state index in [4.69, 9.17) is 18.9 Å². The highest BCUT2D eigenvalue weighted by Crippen LogP contribution is 2.44. The van der Waals surface area contributed by atoms with Gasteiger partial charge in [-0.3, -0.25) is 4.79 Å². The van der Waals surface area contributed by atoms with Gasteiger partial charge >= 0.3 is 5.97 Å². The van der Waals surface area contributed by atoms with Crippen molar-refractivity contribution in [3.63, 3.8) is 0 Å². The maximum absolute atomic E-state index is 11.8. The Kier molecular flexibility index (Phi) is 8.96. The van der Waals surface area contributed by atoms with E-state index in [1.165, 1.54) is 11.1 Å². The quantitative estimate of drug-likeness (QED) is 0.487. The van der Waals surface area contributed by atoms with Crippen molar-refractivity contribution in [3.8, 4) is 0 Å². The summed E-state index contributed by atoms with van der Waals surface area (Å²) in [6.45, 7) is 1.37. The summed E-state index contributed by atoms with van der Waals surface area (Å²) in [6.07, 6.45) is 8.34. The topological polar surface area (TPSA) is 94.5 Å². The molecule has 1 saturated carbocycles. The van der Waals surface area contributed by atoms with Gasteiger partial charge in [0.25, 0.3) is 0 Å². The minimum absolute atomic E-state index is 0.0858. The number of ether oxygens (including phenoxy) is 4. The van der Waals surface area contributed by atoms with E-state index in [-0.39, 0.29) is 37.1 Å². The van der Waals surface area contributed by atoms with Gasteiger partial charge in [-0.1, -0.05) is 24.3 Å². The number of aliphatic hydroxyl groups excluding tert-OH is 1. The molecule has 7 nitrogen and oxygen atoms in total. The molecule has 0 amide bonds. The number of aliphatic carboxylic acids is 1. The van der Waals surface area contributed by atoms with E-state index in [1.54, 1.807) is 0 Å². The van der Waals surface area contributed by atoms with E-state index in [1.807, 2.05) is 0 Å². The molecule has 3 unspecified atom stereocenters. The van der Waals surface area contributed by atoms with Crippen LogP contribution in [-0.2, 0) is 36.6 Å². The van der Waals surface area contributed by atoms with Crippen LogP contribution in [0.3, 0.4) is 0 Å². The molecule has 3 fully saturated rings. The Hall–Kier alpha value is -1.51. The molecule has 7 atom stereocenters. The van der Waals surface area contributed by atoms with Gasteiger partial charge in [0, 0.05) is 31.5 Å². The molecule has 200 valence electrons. The SMILES string of the molecule is O=C(O)C[C@@H]1[C@H](C(CCC2Cc3ccccc3C2)OC2CCCCO2)[C@H](OC2CCCCO2)C[C@@H]1O. The number of aliphatic hydroxyl groups is 1. The van der Waals surface area contributed by atoms with E-state index in [9.17, 15) is 15.0 Å². The molecule has 2 aliphatic heterocycles. The summed E-state index contributed by atoms with van der Waals surface area (Å²) in [7, 11) is 0. The molecule has 1 aromatic carbocycles. The molecule has 2 N–H and O–H groups in total. The van der Waals surface area contributed by atoms with Crippen molar-refractivity contribution in [2.75, 3.05) is 13.2 Å². The fraction of sp³-hybridized carbons (Fsp3) is 0.759. The smallest absolute Gasteiger partial charge is 0.303 e. The first-order chi connectivity index (χ1) is 17.6. The molecule has 0 bridgehead atoms. The van der Waals surface area contributed by atoms with Crippen molar-refractivity contribution < 1.29 is 34.0 Å². The number of carboxylic acid groups (broad SMARTS) is 1. The van der Waals surface area contributed by atoms with Crippen LogP contribution >= 0.6 is 0 Å². The molecule has 2 saturated heterocycles. The highest BCUT2D eigenvalue weighted by atomic mass is 16.7. The molecule has 36 heavy (non-hydrogen) atoms. The summed E-state index contributed by atoms with van der Waals surface area (Å²) in [5.74, 6) is -0.968. The summed E-state index contributed by atoms with van der Waals surface area (Å²) >= 11 is 0. The zero-order chi connectivity index (χ0) is 24.9. The van der Waals surface area contributed by atoms with Crippen molar-refractivity contribution in [3.05, 3.63) is 35.4 Å². The number of benzene rings is 1. The van der Waals surface area contributed by atoms with Crippen molar-refractivity contribution in [2.45, 2.75) is 108 Å². The van der Waals surface area contributed by atoms with Gasteiger partial charge in [0.15, 0.2) is 12.6 Å². The number of carboxylic acids is 1. The highest BCUT2D eigenvalue weighted by Gasteiger charge is 2.49. The number of carbonyl (C=O) groups is 1. The second-order valence-electron chi connectivity index (χ2n) is 11.2. The lowest BCUT2D eigenvalue weighted by molar-refractivity contribution is -0.232. The predicted molar refractivity (Wildman–Crippen MR) is 133 cm³/mol. The van der Waals surface area contributed by atoms with E-state index in [0.717, 1.165) is 64.2 Å². The van der Waals surface area contributed by atoms with Crippen LogP contribution in [0.25, 0.3) is 0 Å². The lowest BCUT2D eigenvalue weighted by atomic mass is 9.82. The molecule has 0 aromatic heterocycles. The fourth-order valence-corrected chi connectivity index (χ4v) is 6.87. The maximum Gasteiger partial charge on any atom is 0.303 e. The van der Waals surface area contributed by atoms with Crippen LogP contribution in [0.2, 0.25) is 0 Å². The van der Waals surface area contributed by atoms with Gasteiger partial charge in [0.05, 0.1) is 24.7 Å². The highest BCUT2D eigenvalue weighted by molar-refractivity contribution is 5.67. The van der Waals surface area contributed by atoms with Crippen LogP contribution in [0.15, 0.2) is 24.3 Å². The summed E-state index contributed by atoms with van der Waals surface area (Å²) in [5, 5.41) is 20.7. The average Bonchev–Trinajstić information content (AvgIpc) is 3.43. The number of fused-ring (bicyclic) bond motifs is 1. The zero-order valence-electron chi connectivity index (χ0n) is 21.3. The Balaban J connectivity index is 1.33. The second kappa shape index (κ2) is 12.4. The van der Waals surface area contributed by atoms with Crippen LogP contribution in [0.5, 0.6) is 0 Å². The Morgan fingerprint density at radius 1 is 1.00 bits per heavy atom. The number of hydrogen-bond acceptors (Lipinski definition) is 6. The second-order valence-corrected chi connectivity index (χ2v) is 11.2. The molecule has 2 aliphatic carbocycles. The minimum atomic E-state index is -0.891. The Morgan fingerprint density at radius 3 is 2.28 bits per heavy atom. The lowest BCUT2D eigenvalue weighted by Crippen LogP contribution is -2.42. The van der Waals surface area contributed by atoms with Crippen molar-refractivity contribution in [1.29, 1.82) is 0 Å². The molecular weight excluding hydrogens is 460 g/mol. The summed E-state index contributed by atoms with van der Waals surface area (Å²) in [5.41, 5.74) is 2.87. The van der Waals surface area contributed by atoms with E-state index >= 15 is 0 Å². The van der Waals surface area contributed by atoms with Crippen molar-refractivity contribution >= 4 is 5.97 Å². The summed E-state index contributed by atoms with van der Waals surface area (Å²) in [4.78, 5) is 11.8. The third-order valence-corrected chi connectivity index (χ3v) is 8.66. The van der Waals surface area contributed by atoms with Crippen LogP contribution in [0.1, 0.15) is 75.3 Å². The maximum atomic E-state index is 11.8. The van der Waals surface area contributed by atoms with Crippen LogP contribution < -0.4 is 0 Å². The largest absolute Gasteiger partial charge is 0.481 e. The van der Waals surface area contributed by atoms with Crippen LogP contribution in [-0.4, -0.2) is 60.3 Å².